The first-order valence-electron chi connectivity index (χ1n) is 12.9. The molecule has 0 bridgehead atoms. The average molecular weight is 633 g/mol. The normalized spacial score (nSPS) is 15.1. The molecule has 0 saturated heterocycles. The molecule has 0 nitrogen and oxygen atoms in total. The van der Waals surface area contributed by atoms with Crippen LogP contribution in [0.4, 0.5) is 0 Å². The zero-order chi connectivity index (χ0) is 26.8. The smallest absolute Gasteiger partial charge is 1.00 e. The third-order valence-electron chi connectivity index (χ3n) is 6.24. The topological polar surface area (TPSA) is 0 Å². The predicted octanol–water partition coefficient (Wildman–Crippen LogP) is 4.07. The fourth-order valence-electron chi connectivity index (χ4n) is 3.98. The van der Waals surface area contributed by atoms with Crippen molar-refractivity contribution in [3.05, 3.63) is 77.4 Å². The zero-order valence-corrected chi connectivity index (χ0v) is 30.0. The van der Waals surface area contributed by atoms with Crippen molar-refractivity contribution in [2.24, 2.45) is 11.3 Å². The van der Waals surface area contributed by atoms with Crippen LogP contribution in [0.3, 0.4) is 0 Å². The molecule has 0 amide bonds. The molecule has 1 atom stereocenters. The first-order chi connectivity index (χ1) is 15.9. The van der Waals surface area contributed by atoms with E-state index in [9.17, 15) is 0 Å². The number of allylic oxidation sites excluding steroid dienone is 4. The SMILES string of the molecule is CC(C)(C)c1ccc2[cH-]c3ccc(C(C)(C)C)cc3c2c1.CC1[C-]=CC(C(C)(C)C)=C1.C[Si](C)=[Zr+2].[Cl-].[Cl-]. The minimum atomic E-state index is 0. The Morgan fingerprint density at radius 3 is 1.35 bits per heavy atom. The molecule has 0 spiro atoms. The maximum absolute atomic E-state index is 3.26. The number of fused-ring (bicyclic) bond motifs is 3. The van der Waals surface area contributed by atoms with Gasteiger partial charge >= 0.3 is 41.9 Å². The van der Waals surface area contributed by atoms with Crippen LogP contribution in [0.25, 0.3) is 21.5 Å². The van der Waals surface area contributed by atoms with Gasteiger partial charge in [-0.05, 0) is 10.8 Å². The van der Waals surface area contributed by atoms with Gasteiger partial charge in [0.1, 0.15) is 0 Å². The molecule has 1 aliphatic carbocycles. The first kappa shape index (κ1) is 36.5. The van der Waals surface area contributed by atoms with Gasteiger partial charge in [-0.1, -0.05) is 116 Å². The van der Waals surface area contributed by atoms with E-state index in [2.05, 4.69) is 143 Å². The quantitative estimate of drug-likeness (QED) is 0.259. The van der Waals surface area contributed by atoms with Gasteiger partial charge in [0, 0.05) is 0 Å². The molecule has 0 aliphatic heterocycles. The maximum atomic E-state index is 3.26. The van der Waals surface area contributed by atoms with E-state index in [1.807, 2.05) is 0 Å². The molecule has 0 fully saturated rings. The van der Waals surface area contributed by atoms with Gasteiger partial charge in [-0.2, -0.15) is 11.6 Å². The van der Waals surface area contributed by atoms with E-state index in [0.717, 1.165) is 0 Å². The van der Waals surface area contributed by atoms with Gasteiger partial charge in [0.2, 0.25) is 0 Å². The molecule has 202 valence electrons. The molecule has 1 unspecified atom stereocenters. The fourth-order valence-corrected chi connectivity index (χ4v) is 3.98. The third-order valence-corrected chi connectivity index (χ3v) is 6.24. The minimum absolute atomic E-state index is 0. The zero-order valence-electron chi connectivity index (χ0n) is 25.0. The minimum Gasteiger partial charge on any atom is -1.00 e. The van der Waals surface area contributed by atoms with Gasteiger partial charge in [-0.3, -0.25) is 6.08 Å². The predicted molar refractivity (Wildman–Crippen MR) is 156 cm³/mol. The van der Waals surface area contributed by atoms with Crippen LogP contribution >= 0.6 is 0 Å². The van der Waals surface area contributed by atoms with Crippen LogP contribution in [0.5, 0.6) is 0 Å². The first-order valence-corrected chi connectivity index (χ1v) is 19.1. The van der Waals surface area contributed by atoms with Crippen LogP contribution in [-0.2, 0) is 34.2 Å². The second kappa shape index (κ2) is 14.2. The number of benzene rings is 2. The molecule has 1 aliphatic rings. The summed E-state index contributed by atoms with van der Waals surface area (Å²) >= 11 is 1.74. The molecule has 0 N–H and O–H groups in total. The van der Waals surface area contributed by atoms with Crippen LogP contribution in [0.15, 0.2) is 60.2 Å². The van der Waals surface area contributed by atoms with Crippen LogP contribution in [0.2, 0.25) is 13.1 Å². The molecular formula is C33H46Cl2SiZr-2. The summed E-state index contributed by atoms with van der Waals surface area (Å²) in [5.41, 5.74) is 5.13. The Kier molecular flexibility index (Phi) is 14.0. The molecule has 4 heteroatoms. The van der Waals surface area contributed by atoms with Gasteiger partial charge in [-0.15, -0.1) is 39.7 Å². The van der Waals surface area contributed by atoms with Crippen molar-refractivity contribution in [3.63, 3.8) is 0 Å². The molecule has 0 heterocycles. The second-order valence-electron chi connectivity index (χ2n) is 13.2. The number of hydrogen-bond acceptors (Lipinski definition) is 0. The second-order valence-corrected chi connectivity index (χ2v) is 22.6. The molecule has 3 aromatic rings. The van der Waals surface area contributed by atoms with E-state index >= 15 is 0 Å². The Labute approximate surface area is 255 Å². The third kappa shape index (κ3) is 10.9. The summed E-state index contributed by atoms with van der Waals surface area (Å²) in [6, 6.07) is 16.1. The molecule has 0 radical (unpaired) electrons. The van der Waals surface area contributed by atoms with E-state index in [1.165, 1.54) is 38.2 Å². The van der Waals surface area contributed by atoms with Crippen molar-refractivity contribution < 1.29 is 48.1 Å². The summed E-state index contributed by atoms with van der Waals surface area (Å²) in [5.74, 6) is 0.522. The standard InChI is InChI=1S/C21H25.C10H15.C2H6Si.2ClH.Zr/c1-20(2,3)16-9-7-14-11-15-8-10-17(21(4,5)6)13-19(15)18(14)12-16;1-8-5-6-9(7-8)10(2,3)4;1-3-2;;;/h7-13H,1-6H3;6-8H,1-4H3;1-2H3;2*1H;/q2*-1;;;;+2/p-2. The largest absolute Gasteiger partial charge is 1.00 e. The van der Waals surface area contributed by atoms with Crippen LogP contribution in [0, 0.1) is 17.4 Å². The summed E-state index contributed by atoms with van der Waals surface area (Å²) in [7, 11) is 0. The van der Waals surface area contributed by atoms with Crippen molar-refractivity contribution in [1.29, 1.82) is 0 Å². The van der Waals surface area contributed by atoms with Gasteiger partial charge in [0.25, 0.3) is 0 Å². The van der Waals surface area contributed by atoms with Gasteiger partial charge < -0.3 is 24.8 Å². The average Bonchev–Trinajstić information content (AvgIpc) is 3.29. The Balaban J connectivity index is 0.000000684. The number of halogens is 2. The molecule has 0 saturated carbocycles. The van der Waals surface area contributed by atoms with Crippen LogP contribution < -0.4 is 24.8 Å². The number of rotatable bonds is 0. The van der Waals surface area contributed by atoms with E-state index in [-0.39, 0.29) is 41.1 Å². The van der Waals surface area contributed by atoms with Crippen molar-refractivity contribution in [3.8, 4) is 0 Å². The maximum Gasteiger partial charge on any atom is -1.00 e. The van der Waals surface area contributed by atoms with E-state index in [1.54, 1.807) is 23.3 Å². The monoisotopic (exact) mass is 630 g/mol. The van der Waals surface area contributed by atoms with E-state index < -0.39 is 0 Å². The van der Waals surface area contributed by atoms with Gasteiger partial charge in [-0.25, -0.2) is 6.08 Å². The van der Waals surface area contributed by atoms with Crippen LogP contribution in [0.1, 0.15) is 80.4 Å². The summed E-state index contributed by atoms with van der Waals surface area (Å²) in [5, 5.41) is 5.49. The number of hydrogen-bond donors (Lipinski definition) is 0. The Morgan fingerprint density at radius 1 is 0.730 bits per heavy atom. The molecule has 0 aromatic heterocycles. The van der Waals surface area contributed by atoms with Gasteiger partial charge in [0.05, 0.1) is 0 Å². The summed E-state index contributed by atoms with van der Waals surface area (Å²) < 4.78 is 0. The van der Waals surface area contributed by atoms with Crippen molar-refractivity contribution >= 4 is 27.0 Å². The van der Waals surface area contributed by atoms with Crippen molar-refractivity contribution in [2.45, 2.75) is 93.2 Å². The van der Waals surface area contributed by atoms with Crippen LogP contribution in [-0.4, -0.2) is 5.43 Å². The van der Waals surface area contributed by atoms with Crippen molar-refractivity contribution in [2.75, 3.05) is 0 Å². The van der Waals surface area contributed by atoms with E-state index in [4.69, 9.17) is 0 Å². The van der Waals surface area contributed by atoms with Crippen molar-refractivity contribution in [1.82, 2.24) is 0 Å². The molecule has 37 heavy (non-hydrogen) atoms. The molecule has 4 rings (SSSR count). The summed E-state index contributed by atoms with van der Waals surface area (Å²) in [6.07, 6.45) is 7.65. The van der Waals surface area contributed by atoms with Gasteiger partial charge in [0.15, 0.2) is 0 Å². The molecule has 3 aromatic carbocycles. The van der Waals surface area contributed by atoms with E-state index in [0.29, 0.717) is 11.3 Å². The summed E-state index contributed by atoms with van der Waals surface area (Å²) in [4.78, 5) is 0. The fraction of sp³-hybridized carbons (Fsp3) is 0.485. The summed E-state index contributed by atoms with van der Waals surface area (Å²) in [6.45, 7) is 27.1. The Bertz CT molecular complexity index is 1170. The Hall–Kier alpha value is -0.530. The molecular weight excluding hydrogens is 587 g/mol. The Morgan fingerprint density at radius 2 is 1.11 bits per heavy atom.